The van der Waals surface area contributed by atoms with Gasteiger partial charge < -0.3 is 5.32 Å². The van der Waals surface area contributed by atoms with Gasteiger partial charge in [0.15, 0.2) is 0 Å². The van der Waals surface area contributed by atoms with Crippen molar-refractivity contribution in [2.75, 3.05) is 5.32 Å². The molecule has 3 aromatic rings. The molecular formula is C24H17Cl2FN2O2. The van der Waals surface area contributed by atoms with Gasteiger partial charge in [0.1, 0.15) is 11.5 Å². The number of amides is 2. The maximum Gasteiger partial charge on any atom is 0.278 e. The van der Waals surface area contributed by atoms with E-state index in [1.807, 2.05) is 6.92 Å². The number of halogens is 3. The monoisotopic (exact) mass is 454 g/mol. The molecule has 31 heavy (non-hydrogen) atoms. The maximum atomic E-state index is 13.5. The van der Waals surface area contributed by atoms with Gasteiger partial charge in [0, 0.05) is 15.7 Å². The van der Waals surface area contributed by atoms with E-state index in [0.29, 0.717) is 21.3 Å². The zero-order valence-electron chi connectivity index (χ0n) is 16.5. The molecule has 1 N–H and O–H groups in total. The van der Waals surface area contributed by atoms with Crippen molar-refractivity contribution in [3.05, 3.63) is 105 Å². The summed E-state index contributed by atoms with van der Waals surface area (Å²) in [5, 5.41) is 4.18. The van der Waals surface area contributed by atoms with Gasteiger partial charge in [0.2, 0.25) is 0 Å². The van der Waals surface area contributed by atoms with Crippen molar-refractivity contribution < 1.29 is 14.0 Å². The largest absolute Gasteiger partial charge is 0.350 e. The Morgan fingerprint density at radius 1 is 0.903 bits per heavy atom. The van der Waals surface area contributed by atoms with Crippen molar-refractivity contribution in [3.8, 4) is 0 Å². The molecule has 0 saturated heterocycles. The molecule has 0 atom stereocenters. The molecule has 0 saturated carbocycles. The van der Waals surface area contributed by atoms with E-state index < -0.39 is 17.6 Å². The Bertz CT molecular complexity index is 1210. The molecule has 0 bridgehead atoms. The number of imide groups is 1. The lowest BCUT2D eigenvalue weighted by molar-refractivity contribution is -0.137. The molecule has 3 aromatic carbocycles. The van der Waals surface area contributed by atoms with Crippen LogP contribution in [0, 0.1) is 12.7 Å². The van der Waals surface area contributed by atoms with E-state index in [1.54, 1.807) is 42.5 Å². The lowest BCUT2D eigenvalue weighted by Crippen LogP contribution is -2.32. The van der Waals surface area contributed by atoms with Crippen molar-refractivity contribution in [1.29, 1.82) is 0 Å². The Kier molecular flexibility index (Phi) is 5.81. The third-order valence-electron chi connectivity index (χ3n) is 5.08. The molecule has 1 aliphatic rings. The fraction of sp³-hybridized carbons (Fsp3) is 0.0833. The Labute approximate surface area is 188 Å². The highest BCUT2D eigenvalue weighted by Crippen LogP contribution is 2.33. The van der Waals surface area contributed by atoms with Gasteiger partial charge in [-0.2, -0.15) is 0 Å². The summed E-state index contributed by atoms with van der Waals surface area (Å²) >= 11 is 12.1. The quantitative estimate of drug-likeness (QED) is 0.493. The number of rotatable bonds is 5. The molecule has 0 fully saturated rings. The minimum Gasteiger partial charge on any atom is -0.350 e. The third-order valence-corrected chi connectivity index (χ3v) is 5.74. The van der Waals surface area contributed by atoms with E-state index in [-0.39, 0.29) is 17.8 Å². The van der Waals surface area contributed by atoms with Crippen molar-refractivity contribution in [2.45, 2.75) is 13.5 Å². The number of carbonyl (C=O) groups is 2. The summed E-state index contributed by atoms with van der Waals surface area (Å²) in [6.07, 6.45) is 0. The topological polar surface area (TPSA) is 49.4 Å². The van der Waals surface area contributed by atoms with Crippen molar-refractivity contribution in [3.63, 3.8) is 0 Å². The second-order valence-electron chi connectivity index (χ2n) is 7.12. The van der Waals surface area contributed by atoms with Crippen molar-refractivity contribution in [2.24, 2.45) is 0 Å². The van der Waals surface area contributed by atoms with E-state index in [4.69, 9.17) is 23.2 Å². The Morgan fingerprint density at radius 2 is 1.58 bits per heavy atom. The second kappa shape index (κ2) is 8.53. The molecule has 4 nitrogen and oxygen atoms in total. The molecule has 2 amide bonds. The fourth-order valence-corrected chi connectivity index (χ4v) is 3.67. The van der Waals surface area contributed by atoms with Crippen LogP contribution >= 0.6 is 23.2 Å². The first-order valence-corrected chi connectivity index (χ1v) is 10.2. The van der Waals surface area contributed by atoms with E-state index in [2.05, 4.69) is 5.32 Å². The highest BCUT2D eigenvalue weighted by molar-refractivity contribution is 6.36. The lowest BCUT2D eigenvalue weighted by atomic mass is 10.0. The summed E-state index contributed by atoms with van der Waals surface area (Å²) in [4.78, 5) is 27.7. The minimum absolute atomic E-state index is 0.0826. The highest BCUT2D eigenvalue weighted by Gasteiger charge is 2.39. The van der Waals surface area contributed by atoms with Crippen LogP contribution in [0.4, 0.5) is 10.1 Å². The molecule has 0 unspecified atom stereocenters. The van der Waals surface area contributed by atoms with Crippen LogP contribution < -0.4 is 5.32 Å². The molecule has 1 heterocycles. The van der Waals surface area contributed by atoms with Crippen LogP contribution in [0.1, 0.15) is 16.7 Å². The van der Waals surface area contributed by atoms with Gasteiger partial charge in [0.25, 0.3) is 11.8 Å². The fourth-order valence-electron chi connectivity index (χ4n) is 3.37. The van der Waals surface area contributed by atoms with Gasteiger partial charge in [0.05, 0.1) is 12.1 Å². The van der Waals surface area contributed by atoms with Gasteiger partial charge in [-0.25, -0.2) is 4.39 Å². The number of anilines is 1. The Balaban J connectivity index is 1.76. The van der Waals surface area contributed by atoms with Crippen LogP contribution in [-0.4, -0.2) is 16.7 Å². The normalized spacial score (nSPS) is 13.9. The number of nitrogens with one attached hydrogen (secondary N) is 1. The summed E-state index contributed by atoms with van der Waals surface area (Å²) in [6.45, 7) is 1.90. The molecule has 0 aliphatic carbocycles. The van der Waals surface area contributed by atoms with E-state index in [0.717, 1.165) is 16.0 Å². The van der Waals surface area contributed by atoms with Gasteiger partial charge in [-0.05, 0) is 60.0 Å². The average molecular weight is 455 g/mol. The lowest BCUT2D eigenvalue weighted by Gasteiger charge is -2.16. The van der Waals surface area contributed by atoms with Crippen LogP contribution in [0.15, 0.2) is 72.4 Å². The number of carbonyl (C=O) groups excluding carboxylic acids is 2. The standard InChI is InChI=1S/C24H17Cl2FN2O2/c1-14-19(26)3-2-4-20(14)28-22-21(16-7-11-18(27)12-8-16)23(30)29(24(22)31)13-15-5-9-17(25)10-6-15/h2-12,28H,13H2,1H3. The van der Waals surface area contributed by atoms with Gasteiger partial charge >= 0.3 is 0 Å². The number of benzene rings is 3. The molecule has 0 aromatic heterocycles. The number of nitrogens with zero attached hydrogens (tertiary/aromatic N) is 1. The summed E-state index contributed by atoms with van der Waals surface area (Å²) in [7, 11) is 0. The summed E-state index contributed by atoms with van der Waals surface area (Å²) in [6, 6.07) is 17.6. The molecule has 156 valence electrons. The number of hydrogen-bond acceptors (Lipinski definition) is 3. The van der Waals surface area contributed by atoms with Crippen LogP contribution in [0.3, 0.4) is 0 Å². The van der Waals surface area contributed by atoms with Crippen LogP contribution in [-0.2, 0) is 16.1 Å². The zero-order valence-corrected chi connectivity index (χ0v) is 18.0. The first-order chi connectivity index (χ1) is 14.8. The third kappa shape index (κ3) is 4.20. The Hall–Kier alpha value is -3.15. The van der Waals surface area contributed by atoms with Crippen molar-refractivity contribution in [1.82, 2.24) is 4.90 Å². The van der Waals surface area contributed by atoms with E-state index >= 15 is 0 Å². The Morgan fingerprint density at radius 3 is 2.26 bits per heavy atom. The molecular weight excluding hydrogens is 438 g/mol. The zero-order chi connectivity index (χ0) is 22.1. The van der Waals surface area contributed by atoms with Crippen molar-refractivity contribution >= 4 is 46.3 Å². The first-order valence-electron chi connectivity index (χ1n) is 9.48. The number of hydrogen-bond donors (Lipinski definition) is 1. The van der Waals surface area contributed by atoms with Crippen LogP contribution in [0.5, 0.6) is 0 Å². The summed E-state index contributed by atoms with van der Waals surface area (Å²) < 4.78 is 13.5. The first kappa shape index (κ1) is 21.1. The smallest absolute Gasteiger partial charge is 0.278 e. The molecule has 0 radical (unpaired) electrons. The second-order valence-corrected chi connectivity index (χ2v) is 7.96. The van der Waals surface area contributed by atoms with Gasteiger partial charge in [-0.3, -0.25) is 14.5 Å². The summed E-state index contributed by atoms with van der Waals surface area (Å²) in [5.74, 6) is -1.37. The predicted octanol–water partition coefficient (Wildman–Crippen LogP) is 5.83. The molecule has 1 aliphatic heterocycles. The SMILES string of the molecule is Cc1c(Cl)cccc1NC1=C(c2ccc(F)cc2)C(=O)N(Cc2ccc(Cl)cc2)C1=O. The minimum atomic E-state index is -0.473. The summed E-state index contributed by atoms with van der Waals surface area (Å²) in [5.41, 5.74) is 2.85. The maximum absolute atomic E-state index is 13.5. The predicted molar refractivity (Wildman–Crippen MR) is 120 cm³/mol. The molecule has 0 spiro atoms. The molecule has 4 rings (SSSR count). The van der Waals surface area contributed by atoms with E-state index in [1.165, 1.54) is 24.3 Å². The van der Waals surface area contributed by atoms with Crippen LogP contribution in [0.2, 0.25) is 10.0 Å². The van der Waals surface area contributed by atoms with Crippen LogP contribution in [0.25, 0.3) is 5.57 Å². The van der Waals surface area contributed by atoms with Gasteiger partial charge in [-0.1, -0.05) is 53.5 Å². The highest BCUT2D eigenvalue weighted by atomic mass is 35.5. The van der Waals surface area contributed by atoms with E-state index in [9.17, 15) is 14.0 Å². The van der Waals surface area contributed by atoms with Gasteiger partial charge in [-0.15, -0.1) is 0 Å². The average Bonchev–Trinajstić information content (AvgIpc) is 2.98. The molecule has 7 heteroatoms.